The van der Waals surface area contributed by atoms with Gasteiger partial charge in [0.25, 0.3) is 0 Å². The summed E-state index contributed by atoms with van der Waals surface area (Å²) in [7, 11) is 4.42. The van der Waals surface area contributed by atoms with Crippen LogP contribution in [0, 0.1) is 0 Å². The molecule has 158 valence electrons. The highest BCUT2D eigenvalue weighted by atomic mass is 19.4. The van der Waals surface area contributed by atoms with Crippen molar-refractivity contribution >= 4 is 11.6 Å². The number of rotatable bonds is 9. The highest BCUT2D eigenvalue weighted by Crippen LogP contribution is 2.35. The molecule has 0 aromatic heterocycles. The molecule has 0 saturated heterocycles. The molecular formula is C20H22F3NO5. The summed E-state index contributed by atoms with van der Waals surface area (Å²) in [5, 5.41) is 2.49. The minimum Gasteiger partial charge on any atom is -0.497 e. The lowest BCUT2D eigenvalue weighted by atomic mass is 10.1. The van der Waals surface area contributed by atoms with Gasteiger partial charge in [0, 0.05) is 18.7 Å². The quantitative estimate of drug-likeness (QED) is 0.631. The van der Waals surface area contributed by atoms with Gasteiger partial charge in [0.05, 0.1) is 38.5 Å². The molecule has 1 N–H and O–H groups in total. The molecule has 0 saturated carbocycles. The van der Waals surface area contributed by atoms with Crippen molar-refractivity contribution in [2.75, 3.05) is 39.9 Å². The summed E-state index contributed by atoms with van der Waals surface area (Å²) in [6, 6.07) is 7.83. The second kappa shape index (κ2) is 10.0. The highest BCUT2D eigenvalue weighted by molar-refractivity contribution is 5.94. The topological polar surface area (TPSA) is 66.0 Å². The Morgan fingerprint density at radius 3 is 2.34 bits per heavy atom. The maximum atomic E-state index is 13.1. The number of halogens is 3. The number of hydrogen-bond donors (Lipinski definition) is 1. The van der Waals surface area contributed by atoms with Crippen molar-refractivity contribution in [3.63, 3.8) is 0 Å². The Labute approximate surface area is 166 Å². The maximum absolute atomic E-state index is 13.1. The lowest BCUT2D eigenvalue weighted by molar-refractivity contribution is -0.137. The lowest BCUT2D eigenvalue weighted by Gasteiger charge is -2.16. The third-order valence-corrected chi connectivity index (χ3v) is 3.97. The fourth-order valence-corrected chi connectivity index (χ4v) is 2.53. The van der Waals surface area contributed by atoms with E-state index in [4.69, 9.17) is 18.9 Å². The number of hydrogen-bond acceptors (Lipinski definition) is 5. The summed E-state index contributed by atoms with van der Waals surface area (Å²) < 4.78 is 59.8. The number of nitrogens with one attached hydrogen (secondary N) is 1. The molecule has 2 aromatic rings. The first kappa shape index (κ1) is 22.4. The Hall–Kier alpha value is -2.94. The summed E-state index contributed by atoms with van der Waals surface area (Å²) >= 11 is 0. The van der Waals surface area contributed by atoms with Gasteiger partial charge in [-0.05, 0) is 24.3 Å². The van der Waals surface area contributed by atoms with Crippen LogP contribution in [0.15, 0.2) is 36.4 Å². The van der Waals surface area contributed by atoms with E-state index in [-0.39, 0.29) is 31.1 Å². The molecule has 0 aliphatic heterocycles. The summed E-state index contributed by atoms with van der Waals surface area (Å²) in [5.41, 5.74) is -0.415. The van der Waals surface area contributed by atoms with E-state index in [0.29, 0.717) is 17.1 Å². The van der Waals surface area contributed by atoms with Gasteiger partial charge in [-0.3, -0.25) is 4.79 Å². The molecule has 1 amide bonds. The average molecular weight is 413 g/mol. The number of methoxy groups -OCH3 is 3. The van der Waals surface area contributed by atoms with Crippen LogP contribution in [-0.4, -0.2) is 40.5 Å². The van der Waals surface area contributed by atoms with Crippen LogP contribution in [0.3, 0.4) is 0 Å². The predicted molar refractivity (Wildman–Crippen MR) is 101 cm³/mol. The second-order valence-corrected chi connectivity index (χ2v) is 5.95. The van der Waals surface area contributed by atoms with Crippen LogP contribution in [0.4, 0.5) is 18.9 Å². The van der Waals surface area contributed by atoms with E-state index in [1.54, 1.807) is 18.2 Å². The van der Waals surface area contributed by atoms with E-state index < -0.39 is 17.6 Å². The fourth-order valence-electron chi connectivity index (χ4n) is 2.53. The first-order chi connectivity index (χ1) is 13.8. The van der Waals surface area contributed by atoms with Crippen molar-refractivity contribution in [1.82, 2.24) is 0 Å². The summed E-state index contributed by atoms with van der Waals surface area (Å²) in [5.74, 6) is 0.576. The molecule has 0 aliphatic carbocycles. The Kier molecular flexibility index (Phi) is 7.72. The predicted octanol–water partition coefficient (Wildman–Crippen LogP) is 3.93. The van der Waals surface area contributed by atoms with Crippen molar-refractivity contribution in [3.05, 3.63) is 47.5 Å². The zero-order valence-corrected chi connectivity index (χ0v) is 16.3. The monoisotopic (exact) mass is 413 g/mol. The molecule has 0 aliphatic rings. The zero-order chi connectivity index (χ0) is 21.4. The lowest BCUT2D eigenvalue weighted by Crippen LogP contribution is -2.17. The number of anilines is 1. The van der Waals surface area contributed by atoms with Gasteiger partial charge in [-0.2, -0.15) is 13.2 Å². The van der Waals surface area contributed by atoms with Crippen LogP contribution in [-0.2, 0) is 22.1 Å². The smallest absolute Gasteiger partial charge is 0.416 e. The van der Waals surface area contributed by atoms with Crippen molar-refractivity contribution in [2.45, 2.75) is 12.6 Å². The molecular weight excluding hydrogens is 391 g/mol. The van der Waals surface area contributed by atoms with E-state index in [9.17, 15) is 18.0 Å². The van der Waals surface area contributed by atoms with Crippen LogP contribution in [0.2, 0.25) is 0 Å². The fraction of sp³-hybridized carbons (Fsp3) is 0.350. The Morgan fingerprint density at radius 1 is 0.966 bits per heavy atom. The molecule has 2 rings (SSSR count). The van der Waals surface area contributed by atoms with Crippen LogP contribution in [0.5, 0.6) is 17.2 Å². The molecule has 0 heterocycles. The van der Waals surface area contributed by atoms with Gasteiger partial charge in [0.1, 0.15) is 23.9 Å². The second-order valence-electron chi connectivity index (χ2n) is 5.95. The average Bonchev–Trinajstić information content (AvgIpc) is 2.68. The van der Waals surface area contributed by atoms with Crippen molar-refractivity contribution in [3.8, 4) is 17.2 Å². The van der Waals surface area contributed by atoms with Gasteiger partial charge in [-0.15, -0.1) is 0 Å². The van der Waals surface area contributed by atoms with Gasteiger partial charge in [-0.1, -0.05) is 6.07 Å². The minimum atomic E-state index is -4.55. The summed E-state index contributed by atoms with van der Waals surface area (Å²) in [6.07, 6.45) is -4.66. The normalized spacial score (nSPS) is 11.1. The SMILES string of the molecule is COCCOc1ccc(C(F)(F)F)cc1NC(=O)Cc1ccc(OC)cc1OC. The molecule has 6 nitrogen and oxygen atoms in total. The van der Waals surface area contributed by atoms with Gasteiger partial charge in [0.2, 0.25) is 5.91 Å². The van der Waals surface area contributed by atoms with Crippen LogP contribution in [0.25, 0.3) is 0 Å². The standard InChI is InChI=1S/C20H22F3NO5/c1-26-8-9-29-17-7-5-14(20(21,22)23)11-16(17)24-19(25)10-13-4-6-15(27-2)12-18(13)28-3/h4-7,11-12H,8-10H2,1-3H3,(H,24,25). The molecule has 29 heavy (non-hydrogen) atoms. The van der Waals surface area contributed by atoms with Crippen LogP contribution < -0.4 is 19.5 Å². The van der Waals surface area contributed by atoms with Crippen LogP contribution in [0.1, 0.15) is 11.1 Å². The molecule has 0 radical (unpaired) electrons. The molecule has 0 atom stereocenters. The Morgan fingerprint density at radius 2 is 1.72 bits per heavy atom. The largest absolute Gasteiger partial charge is 0.497 e. The number of carbonyl (C=O) groups excluding carboxylic acids is 1. The van der Waals surface area contributed by atoms with E-state index in [2.05, 4.69) is 5.32 Å². The Balaban J connectivity index is 2.23. The Bertz CT molecular complexity index is 839. The van der Waals surface area contributed by atoms with Gasteiger partial charge in [-0.25, -0.2) is 0 Å². The van der Waals surface area contributed by atoms with E-state index >= 15 is 0 Å². The minimum absolute atomic E-state index is 0.0755. The molecule has 2 aromatic carbocycles. The molecule has 0 unspecified atom stereocenters. The number of alkyl halides is 3. The van der Waals surface area contributed by atoms with Crippen molar-refractivity contribution in [2.24, 2.45) is 0 Å². The first-order valence-corrected chi connectivity index (χ1v) is 8.62. The number of benzene rings is 2. The molecule has 0 bridgehead atoms. The van der Waals surface area contributed by atoms with Crippen LogP contribution >= 0.6 is 0 Å². The third-order valence-electron chi connectivity index (χ3n) is 3.97. The zero-order valence-electron chi connectivity index (χ0n) is 16.3. The third kappa shape index (κ3) is 6.28. The van der Waals surface area contributed by atoms with Gasteiger partial charge in [0.15, 0.2) is 0 Å². The number of carbonyl (C=O) groups is 1. The van der Waals surface area contributed by atoms with E-state index in [1.807, 2.05) is 0 Å². The number of ether oxygens (including phenoxy) is 4. The van der Waals surface area contributed by atoms with Gasteiger partial charge >= 0.3 is 6.18 Å². The van der Waals surface area contributed by atoms with Gasteiger partial charge < -0.3 is 24.3 Å². The maximum Gasteiger partial charge on any atom is 0.416 e. The summed E-state index contributed by atoms with van der Waals surface area (Å²) in [4.78, 5) is 12.5. The highest BCUT2D eigenvalue weighted by Gasteiger charge is 2.31. The van der Waals surface area contributed by atoms with E-state index in [0.717, 1.165) is 12.1 Å². The van der Waals surface area contributed by atoms with E-state index in [1.165, 1.54) is 27.4 Å². The summed E-state index contributed by atoms with van der Waals surface area (Å²) in [6.45, 7) is 0.370. The molecule has 0 fully saturated rings. The molecule has 9 heteroatoms. The van der Waals surface area contributed by atoms with Crippen molar-refractivity contribution in [1.29, 1.82) is 0 Å². The molecule has 0 spiro atoms. The van der Waals surface area contributed by atoms with Crippen molar-refractivity contribution < 1.29 is 36.9 Å². The first-order valence-electron chi connectivity index (χ1n) is 8.62. The number of amides is 1.